The molecule has 0 amide bonds. The SMILES string of the molecule is [Na].[Na].[Na].[Ti]. The summed E-state index contributed by atoms with van der Waals surface area (Å²) in [5.41, 5.74) is 0. The summed E-state index contributed by atoms with van der Waals surface area (Å²) in [6.45, 7) is 0. The molecule has 0 rings (SSSR count). The first-order valence-electron chi connectivity index (χ1n) is 0. The van der Waals surface area contributed by atoms with E-state index in [-0.39, 0.29) is 110 Å². The molecule has 0 N–H and O–H groups in total. The smallest absolute Gasteiger partial charge is 0 e. The molecule has 0 nitrogen and oxygen atoms in total. The van der Waals surface area contributed by atoms with Gasteiger partial charge in [0.15, 0.2) is 0 Å². The summed E-state index contributed by atoms with van der Waals surface area (Å²) in [5, 5.41) is 0. The largest absolute Gasteiger partial charge is 0 e. The fraction of sp³-hybridized carbons (Fsp3) is 0. The van der Waals surface area contributed by atoms with Gasteiger partial charge in [-0.1, -0.05) is 0 Å². The Balaban J connectivity index is 0. The van der Waals surface area contributed by atoms with Crippen LogP contribution in [0.1, 0.15) is 0 Å². The molecule has 7 valence electrons. The van der Waals surface area contributed by atoms with Gasteiger partial charge in [-0.15, -0.1) is 0 Å². The van der Waals surface area contributed by atoms with Crippen LogP contribution in [0.4, 0.5) is 0 Å². The van der Waals surface area contributed by atoms with Crippen LogP contribution >= 0.6 is 0 Å². The molecule has 0 saturated carbocycles. The zero-order valence-corrected chi connectivity index (χ0v) is 11.1. The third-order valence-corrected chi connectivity index (χ3v) is 0. The van der Waals surface area contributed by atoms with Gasteiger partial charge in [0.25, 0.3) is 0 Å². The standard InChI is InChI=1S/3Na.Ti. The molecule has 0 bridgehead atoms. The number of hydrogen-bond donors (Lipinski definition) is 0. The van der Waals surface area contributed by atoms with Crippen molar-refractivity contribution in [2.75, 3.05) is 0 Å². The third-order valence-electron chi connectivity index (χ3n) is 0. The molecule has 0 unspecified atom stereocenters. The fourth-order valence-corrected chi connectivity index (χ4v) is 0. The molecule has 4 heavy (non-hydrogen) atoms. The van der Waals surface area contributed by atoms with Gasteiger partial charge in [0, 0.05) is 110 Å². The fourth-order valence-electron chi connectivity index (χ4n) is 0. The minimum atomic E-state index is 0. The van der Waals surface area contributed by atoms with E-state index in [1.165, 1.54) is 0 Å². The van der Waals surface area contributed by atoms with Gasteiger partial charge in [-0.3, -0.25) is 0 Å². The molecule has 0 spiro atoms. The van der Waals surface area contributed by atoms with Crippen molar-refractivity contribution in [3.63, 3.8) is 0 Å². The summed E-state index contributed by atoms with van der Waals surface area (Å²) in [6, 6.07) is 0. The van der Waals surface area contributed by atoms with Gasteiger partial charge in [0.05, 0.1) is 0 Å². The van der Waals surface area contributed by atoms with Crippen LogP contribution in [-0.4, -0.2) is 88.7 Å². The van der Waals surface area contributed by atoms with E-state index in [1.54, 1.807) is 0 Å². The van der Waals surface area contributed by atoms with Crippen molar-refractivity contribution in [1.29, 1.82) is 0 Å². The Morgan fingerprint density at radius 1 is 0.500 bits per heavy atom. The summed E-state index contributed by atoms with van der Waals surface area (Å²) in [5.74, 6) is 0. The average molecular weight is 117 g/mol. The molecule has 0 aliphatic carbocycles. The van der Waals surface area contributed by atoms with Crippen LogP contribution in [0.5, 0.6) is 0 Å². The average Bonchev–Trinajstić information content (AvgIpc) is 0. The van der Waals surface area contributed by atoms with Crippen molar-refractivity contribution in [1.82, 2.24) is 0 Å². The maximum Gasteiger partial charge on any atom is 0 e. The predicted octanol–water partition coefficient (Wildman–Crippen LogP) is -1.14. The molecule has 0 aliphatic heterocycles. The molecule has 3 radical (unpaired) electrons. The molecular formula is Na3Ti. The predicted molar refractivity (Wildman–Crippen MR) is 17.3 cm³/mol. The van der Waals surface area contributed by atoms with Crippen molar-refractivity contribution in [2.24, 2.45) is 0 Å². The van der Waals surface area contributed by atoms with E-state index in [4.69, 9.17) is 0 Å². The van der Waals surface area contributed by atoms with Crippen LogP contribution in [0, 0.1) is 0 Å². The second kappa shape index (κ2) is 15.9. The van der Waals surface area contributed by atoms with Crippen LogP contribution < -0.4 is 0 Å². The van der Waals surface area contributed by atoms with E-state index in [9.17, 15) is 0 Å². The van der Waals surface area contributed by atoms with Crippen molar-refractivity contribution in [3.8, 4) is 0 Å². The Morgan fingerprint density at radius 2 is 0.500 bits per heavy atom. The molecule has 0 heterocycles. The summed E-state index contributed by atoms with van der Waals surface area (Å²) < 4.78 is 0. The van der Waals surface area contributed by atoms with Gasteiger partial charge in [0.1, 0.15) is 0 Å². The zero-order chi connectivity index (χ0) is 0. The van der Waals surface area contributed by atoms with Crippen molar-refractivity contribution < 1.29 is 21.7 Å². The van der Waals surface area contributed by atoms with Crippen molar-refractivity contribution in [2.45, 2.75) is 0 Å². The minimum Gasteiger partial charge on any atom is 0 e. The Labute approximate surface area is 108 Å². The second-order valence-electron chi connectivity index (χ2n) is 0. The third kappa shape index (κ3) is 9.21. The zero-order valence-electron chi connectivity index (χ0n) is 3.50. The van der Waals surface area contributed by atoms with E-state index < -0.39 is 0 Å². The van der Waals surface area contributed by atoms with Crippen molar-refractivity contribution in [3.05, 3.63) is 0 Å². The van der Waals surface area contributed by atoms with Crippen LogP contribution in [0.15, 0.2) is 0 Å². The van der Waals surface area contributed by atoms with Crippen molar-refractivity contribution >= 4 is 88.7 Å². The normalized spacial score (nSPS) is 0. The maximum atomic E-state index is 0. The number of rotatable bonds is 0. The molecule has 0 aromatic carbocycles. The summed E-state index contributed by atoms with van der Waals surface area (Å²) in [7, 11) is 0. The quantitative estimate of drug-likeness (QED) is 0.351. The van der Waals surface area contributed by atoms with Gasteiger partial charge < -0.3 is 0 Å². The Morgan fingerprint density at radius 3 is 0.500 bits per heavy atom. The molecule has 0 saturated heterocycles. The Bertz CT molecular complexity index is 3.25. The van der Waals surface area contributed by atoms with Crippen LogP contribution in [-0.2, 0) is 21.7 Å². The van der Waals surface area contributed by atoms with Gasteiger partial charge >= 0.3 is 0 Å². The minimum absolute atomic E-state index is 0. The van der Waals surface area contributed by atoms with E-state index >= 15 is 0 Å². The monoisotopic (exact) mass is 117 g/mol. The molecule has 0 fully saturated rings. The summed E-state index contributed by atoms with van der Waals surface area (Å²) in [6.07, 6.45) is 0. The van der Waals surface area contributed by atoms with Gasteiger partial charge in [-0.2, -0.15) is 0 Å². The first kappa shape index (κ1) is 25.2. The second-order valence-corrected chi connectivity index (χ2v) is 0. The molecule has 0 aliphatic rings. The van der Waals surface area contributed by atoms with Crippen LogP contribution in [0.2, 0.25) is 0 Å². The van der Waals surface area contributed by atoms with E-state index in [2.05, 4.69) is 0 Å². The van der Waals surface area contributed by atoms with Crippen LogP contribution in [0.25, 0.3) is 0 Å². The molecule has 0 atom stereocenters. The van der Waals surface area contributed by atoms with E-state index in [0.717, 1.165) is 0 Å². The molecular weight excluding hydrogens is 117 g/mol. The van der Waals surface area contributed by atoms with E-state index in [1.807, 2.05) is 0 Å². The van der Waals surface area contributed by atoms with Gasteiger partial charge in [-0.25, -0.2) is 0 Å². The number of hydrogen-bond acceptors (Lipinski definition) is 0. The first-order valence-corrected chi connectivity index (χ1v) is 0. The first-order chi connectivity index (χ1) is 0. The van der Waals surface area contributed by atoms with Gasteiger partial charge in [0.2, 0.25) is 0 Å². The summed E-state index contributed by atoms with van der Waals surface area (Å²) in [4.78, 5) is 0. The Hall–Kier alpha value is 3.71. The Kier molecular flexibility index (Phi) is 100. The summed E-state index contributed by atoms with van der Waals surface area (Å²) >= 11 is 0. The topological polar surface area (TPSA) is 0 Å². The van der Waals surface area contributed by atoms with Gasteiger partial charge in [-0.05, 0) is 0 Å². The molecule has 0 aromatic heterocycles. The molecule has 4 heteroatoms. The molecule has 0 aromatic rings. The van der Waals surface area contributed by atoms with Crippen LogP contribution in [0.3, 0.4) is 0 Å². The van der Waals surface area contributed by atoms with E-state index in [0.29, 0.717) is 0 Å². The maximum absolute atomic E-state index is 0.